The zero-order valence-corrected chi connectivity index (χ0v) is 26.7. The Morgan fingerprint density at radius 1 is 0.841 bits per heavy atom. The van der Waals surface area contributed by atoms with E-state index in [0.717, 1.165) is 49.3 Å². The van der Waals surface area contributed by atoms with E-state index in [1.807, 2.05) is 7.11 Å². The summed E-state index contributed by atoms with van der Waals surface area (Å²) in [5.41, 5.74) is 5.72. The second-order valence-corrected chi connectivity index (χ2v) is 15.9. The minimum Gasteiger partial charge on any atom is -0.493 e. The third kappa shape index (κ3) is 3.48. The van der Waals surface area contributed by atoms with E-state index in [-0.39, 0.29) is 22.5 Å². The maximum atomic E-state index is 7.28. The van der Waals surface area contributed by atoms with Crippen molar-refractivity contribution >= 4 is 5.69 Å². The molecule has 4 bridgehead atoms. The number of likely N-dealkylation sites (tertiary alicyclic amines) is 1. The van der Waals surface area contributed by atoms with Crippen LogP contribution in [0.3, 0.4) is 0 Å². The molecule has 11 rings (SSSR count). The molecule has 0 radical (unpaired) electrons. The maximum Gasteiger partial charge on any atom is 0.165 e. The van der Waals surface area contributed by atoms with Gasteiger partial charge >= 0.3 is 0 Å². The first-order valence-corrected chi connectivity index (χ1v) is 17.8. The Morgan fingerprint density at radius 3 is 2.34 bits per heavy atom. The lowest BCUT2D eigenvalue weighted by Gasteiger charge is -2.74. The number of hydrogen-bond donors (Lipinski definition) is 0. The standard InChI is InChI=1S/C38H49N3O3/c1-42-31-12-9-28-21-32-36-13-14-38(43-2,35-37(36,33(28)34(31)44-35)15-16-41(32)24-26-5-6-26)30(22-36)27-7-10-29(11-8-27)40-19-17-39(18-20-40)23-25-3-4-25/h7-12,25-26,30,32,35H,3-6,13-24H2,1-2H3/t30-,32-,35-,36-,37+,38-/m1/s1. The third-order valence-corrected chi connectivity index (χ3v) is 14.1. The summed E-state index contributed by atoms with van der Waals surface area (Å²) in [4.78, 5) is 8.23. The first-order valence-electron chi connectivity index (χ1n) is 17.8. The van der Waals surface area contributed by atoms with Crippen LogP contribution in [0.4, 0.5) is 5.69 Å². The SMILES string of the molecule is COc1ccc2c3c1O[C@H]1[C@@]4(OC)CC[C@@]5(C[C@@H]4c4ccc(N6CCN(CC7CC7)CC6)cc4)[C@@H](C2)N(CC2CC2)CC[C@]315. The van der Waals surface area contributed by atoms with Gasteiger partial charge in [0.2, 0.25) is 0 Å². The van der Waals surface area contributed by atoms with Crippen LogP contribution in [0.15, 0.2) is 36.4 Å². The Kier molecular flexibility index (Phi) is 5.74. The Morgan fingerprint density at radius 2 is 1.61 bits per heavy atom. The van der Waals surface area contributed by atoms with Crippen LogP contribution in [-0.4, -0.2) is 87.6 Å². The molecule has 6 nitrogen and oxygen atoms in total. The number of methoxy groups -OCH3 is 2. The molecule has 9 aliphatic rings. The van der Waals surface area contributed by atoms with Crippen molar-refractivity contribution in [3.05, 3.63) is 53.1 Å². The fraction of sp³-hybridized carbons (Fsp3) is 0.684. The number of benzene rings is 2. The predicted octanol–water partition coefficient (Wildman–Crippen LogP) is 5.62. The highest BCUT2D eigenvalue weighted by Crippen LogP contribution is 2.78. The number of rotatable bonds is 8. The van der Waals surface area contributed by atoms with Crippen molar-refractivity contribution in [3.63, 3.8) is 0 Å². The molecule has 0 N–H and O–H groups in total. The lowest BCUT2D eigenvalue weighted by atomic mass is 9.34. The molecule has 3 heterocycles. The van der Waals surface area contributed by atoms with Gasteiger partial charge in [0.05, 0.1) is 7.11 Å². The van der Waals surface area contributed by atoms with Crippen molar-refractivity contribution in [2.45, 2.75) is 86.9 Å². The molecule has 6 heteroatoms. The lowest BCUT2D eigenvalue weighted by Crippen LogP contribution is -2.80. The van der Waals surface area contributed by atoms with Gasteiger partial charge < -0.3 is 19.1 Å². The number of ether oxygens (including phenoxy) is 3. The molecule has 0 amide bonds. The van der Waals surface area contributed by atoms with Crippen LogP contribution in [0, 0.1) is 17.3 Å². The molecular weight excluding hydrogens is 546 g/mol. The van der Waals surface area contributed by atoms with Crippen LogP contribution in [0.1, 0.15) is 74.0 Å². The minimum atomic E-state index is -0.334. The first kappa shape index (κ1) is 26.9. The number of fused-ring (bicyclic) bond motifs is 2. The van der Waals surface area contributed by atoms with E-state index in [1.54, 1.807) is 7.11 Å². The lowest BCUT2D eigenvalue weighted by molar-refractivity contribution is -0.261. The van der Waals surface area contributed by atoms with E-state index in [1.165, 1.54) is 100 Å². The van der Waals surface area contributed by atoms with E-state index in [4.69, 9.17) is 14.2 Å². The van der Waals surface area contributed by atoms with Crippen molar-refractivity contribution in [1.82, 2.24) is 9.80 Å². The maximum absolute atomic E-state index is 7.28. The molecule has 6 aliphatic carbocycles. The van der Waals surface area contributed by atoms with Gasteiger partial charge in [0.15, 0.2) is 11.5 Å². The molecule has 3 aliphatic heterocycles. The van der Waals surface area contributed by atoms with Gasteiger partial charge in [-0.25, -0.2) is 0 Å². The van der Waals surface area contributed by atoms with Crippen LogP contribution >= 0.6 is 0 Å². The fourth-order valence-electron chi connectivity index (χ4n) is 11.7. The van der Waals surface area contributed by atoms with Crippen LogP contribution in [0.2, 0.25) is 0 Å². The predicted molar refractivity (Wildman–Crippen MR) is 172 cm³/mol. The van der Waals surface area contributed by atoms with Gasteiger partial charge in [-0.3, -0.25) is 9.80 Å². The van der Waals surface area contributed by atoms with Crippen molar-refractivity contribution in [2.75, 3.05) is 64.9 Å². The average Bonchev–Trinajstić information content (AvgIpc) is 4.01. The third-order valence-electron chi connectivity index (χ3n) is 14.1. The summed E-state index contributed by atoms with van der Waals surface area (Å²) in [6, 6.07) is 14.9. The quantitative estimate of drug-likeness (QED) is 0.395. The summed E-state index contributed by atoms with van der Waals surface area (Å²) in [6.07, 6.45) is 11.6. The Labute approximate surface area is 263 Å². The van der Waals surface area contributed by atoms with E-state index < -0.39 is 0 Å². The zero-order valence-electron chi connectivity index (χ0n) is 26.7. The summed E-state index contributed by atoms with van der Waals surface area (Å²) in [5.74, 6) is 4.16. The summed E-state index contributed by atoms with van der Waals surface area (Å²) in [6.45, 7) is 8.46. The molecule has 7 fully saturated rings. The van der Waals surface area contributed by atoms with Crippen molar-refractivity contribution < 1.29 is 14.2 Å². The number of piperidine rings is 1. The highest BCUT2D eigenvalue weighted by Gasteiger charge is 2.80. The second kappa shape index (κ2) is 9.39. The molecule has 2 spiro atoms. The van der Waals surface area contributed by atoms with Gasteiger partial charge in [-0.2, -0.15) is 0 Å². The number of piperazine rings is 1. The summed E-state index contributed by atoms with van der Waals surface area (Å²) >= 11 is 0. The van der Waals surface area contributed by atoms with Gasteiger partial charge in [-0.15, -0.1) is 0 Å². The Bertz CT molecular complexity index is 1460. The van der Waals surface area contributed by atoms with E-state index in [9.17, 15) is 0 Å². The molecule has 0 unspecified atom stereocenters. The molecule has 0 aromatic heterocycles. The van der Waals surface area contributed by atoms with Gasteiger partial charge in [-0.05, 0) is 105 Å². The van der Waals surface area contributed by atoms with E-state index >= 15 is 0 Å². The summed E-state index contributed by atoms with van der Waals surface area (Å²) in [5, 5.41) is 0. The van der Waals surface area contributed by atoms with Crippen LogP contribution in [0.25, 0.3) is 0 Å². The number of nitrogens with zero attached hydrogens (tertiary/aromatic N) is 3. The molecule has 2 aromatic rings. The number of hydrogen-bond acceptors (Lipinski definition) is 6. The fourth-order valence-corrected chi connectivity index (χ4v) is 11.7. The first-order chi connectivity index (χ1) is 21.6. The Balaban J connectivity index is 1.02. The van der Waals surface area contributed by atoms with Crippen LogP contribution in [0.5, 0.6) is 11.5 Å². The summed E-state index contributed by atoms with van der Waals surface area (Å²) in [7, 11) is 3.78. The zero-order chi connectivity index (χ0) is 29.3. The van der Waals surface area contributed by atoms with Gasteiger partial charge in [0.25, 0.3) is 0 Å². The molecule has 2 aromatic carbocycles. The normalized spacial score (nSPS) is 38.9. The van der Waals surface area contributed by atoms with Crippen molar-refractivity contribution in [3.8, 4) is 11.5 Å². The van der Waals surface area contributed by atoms with Gasteiger partial charge in [-0.1, -0.05) is 18.2 Å². The largest absolute Gasteiger partial charge is 0.493 e. The minimum absolute atomic E-state index is 0.0139. The van der Waals surface area contributed by atoms with E-state index in [2.05, 4.69) is 51.1 Å². The molecule has 2 saturated heterocycles. The van der Waals surface area contributed by atoms with Crippen LogP contribution in [-0.2, 0) is 16.6 Å². The monoisotopic (exact) mass is 595 g/mol. The van der Waals surface area contributed by atoms with Gasteiger partial charge in [0.1, 0.15) is 11.7 Å². The van der Waals surface area contributed by atoms with Gasteiger partial charge in [0, 0.05) is 80.4 Å². The molecule has 6 atom stereocenters. The molecular formula is C38H49N3O3. The van der Waals surface area contributed by atoms with Crippen molar-refractivity contribution in [2.24, 2.45) is 17.3 Å². The second-order valence-electron chi connectivity index (χ2n) is 15.9. The van der Waals surface area contributed by atoms with Crippen LogP contribution < -0.4 is 14.4 Å². The topological polar surface area (TPSA) is 37.4 Å². The highest BCUT2D eigenvalue weighted by molar-refractivity contribution is 5.64. The molecule has 5 saturated carbocycles. The molecule has 234 valence electrons. The average molecular weight is 596 g/mol. The Hall–Kier alpha value is -2.28. The molecule has 44 heavy (non-hydrogen) atoms. The van der Waals surface area contributed by atoms with Crippen molar-refractivity contribution in [1.29, 1.82) is 0 Å². The van der Waals surface area contributed by atoms with E-state index in [0.29, 0.717) is 12.0 Å². The summed E-state index contributed by atoms with van der Waals surface area (Å²) < 4.78 is 20.1. The smallest absolute Gasteiger partial charge is 0.165 e. The highest BCUT2D eigenvalue weighted by atomic mass is 16.6. The number of anilines is 1.